The summed E-state index contributed by atoms with van der Waals surface area (Å²) >= 11 is 0. The van der Waals surface area contributed by atoms with Gasteiger partial charge in [0.2, 0.25) is 0 Å². The highest BCUT2D eigenvalue weighted by atomic mass is 16.4. The fourth-order valence-electron chi connectivity index (χ4n) is 5.01. The zero-order valence-electron chi connectivity index (χ0n) is 25.5. The Morgan fingerprint density at radius 3 is 1.00 bits per heavy atom. The summed E-state index contributed by atoms with van der Waals surface area (Å²) < 4.78 is 0. The highest BCUT2D eigenvalue weighted by Gasteiger charge is 2.37. The molecule has 3 N–H and O–H groups in total. The van der Waals surface area contributed by atoms with Gasteiger partial charge >= 0.3 is 5.97 Å². The lowest BCUT2D eigenvalue weighted by atomic mass is 9.67. The van der Waals surface area contributed by atoms with Crippen LogP contribution in [0.25, 0.3) is 0 Å². The summed E-state index contributed by atoms with van der Waals surface area (Å²) in [6, 6.07) is 8.25. The SMILES string of the molecule is CC(C)(C)c1cc(C(C)(CCC(=O)O)c2cc(C(C)(C)C)c(O)c(C(C)(C)C)c2)cc(C(C)(C)C)c1O. The number of aromatic hydroxyl groups is 2. The van der Waals surface area contributed by atoms with Crippen molar-refractivity contribution in [2.75, 3.05) is 0 Å². The maximum absolute atomic E-state index is 11.8. The summed E-state index contributed by atoms with van der Waals surface area (Å²) in [4.78, 5) is 11.8. The highest BCUT2D eigenvalue weighted by Crippen LogP contribution is 2.48. The molecule has 0 aliphatic rings. The van der Waals surface area contributed by atoms with E-state index in [0.717, 1.165) is 33.4 Å². The van der Waals surface area contributed by atoms with E-state index in [0.29, 0.717) is 17.9 Å². The number of hydrogen-bond donors (Lipinski definition) is 3. The molecule has 4 nitrogen and oxygen atoms in total. The predicted molar refractivity (Wildman–Crippen MR) is 154 cm³/mol. The van der Waals surface area contributed by atoms with Gasteiger partial charge < -0.3 is 15.3 Å². The molecule has 0 saturated carbocycles. The van der Waals surface area contributed by atoms with Crippen LogP contribution in [-0.2, 0) is 31.9 Å². The Kier molecular flexibility index (Phi) is 8.03. The average molecular weight is 511 g/mol. The van der Waals surface area contributed by atoms with E-state index >= 15 is 0 Å². The van der Waals surface area contributed by atoms with E-state index in [1.54, 1.807) is 0 Å². The number of benzene rings is 2. The molecule has 2 aromatic carbocycles. The standard InChI is InChI=1S/C33H50O4/c1-29(2,3)22-16-20(17-23(27(22)36)30(4,5)6)33(13,15-14-26(34)35)21-18-24(31(7,8)9)28(37)25(19-21)32(10,11)12/h16-19,36-37H,14-15H2,1-13H3,(H,34,35). The summed E-state index contributed by atoms with van der Waals surface area (Å²) in [5, 5.41) is 32.4. The summed E-state index contributed by atoms with van der Waals surface area (Å²) in [5.74, 6) is -0.232. The van der Waals surface area contributed by atoms with Gasteiger partial charge in [-0.1, -0.05) is 114 Å². The number of rotatable bonds is 5. The van der Waals surface area contributed by atoms with Gasteiger partial charge in [0.1, 0.15) is 11.5 Å². The van der Waals surface area contributed by atoms with Gasteiger partial charge in [-0.15, -0.1) is 0 Å². The summed E-state index contributed by atoms with van der Waals surface area (Å²) in [6.45, 7) is 27.1. The van der Waals surface area contributed by atoms with Crippen molar-refractivity contribution in [3.63, 3.8) is 0 Å². The number of aliphatic carboxylic acids is 1. The van der Waals surface area contributed by atoms with Crippen LogP contribution in [0.5, 0.6) is 11.5 Å². The first-order valence-electron chi connectivity index (χ1n) is 13.4. The van der Waals surface area contributed by atoms with Crippen molar-refractivity contribution in [1.29, 1.82) is 0 Å². The maximum Gasteiger partial charge on any atom is 0.303 e. The normalized spacial score (nSPS) is 13.6. The molecular formula is C33H50O4. The largest absolute Gasteiger partial charge is 0.507 e. The Morgan fingerprint density at radius 2 is 0.811 bits per heavy atom. The first-order valence-corrected chi connectivity index (χ1v) is 13.4. The number of carboxylic acids is 1. The molecule has 0 saturated heterocycles. The Morgan fingerprint density at radius 1 is 0.568 bits per heavy atom. The van der Waals surface area contributed by atoms with Crippen LogP contribution in [0.4, 0.5) is 0 Å². The van der Waals surface area contributed by atoms with Crippen LogP contribution in [-0.4, -0.2) is 21.3 Å². The minimum atomic E-state index is -0.844. The number of hydrogen-bond acceptors (Lipinski definition) is 3. The van der Waals surface area contributed by atoms with Crippen LogP contribution in [0.1, 0.15) is 136 Å². The van der Waals surface area contributed by atoms with Crippen molar-refractivity contribution in [3.05, 3.63) is 57.6 Å². The van der Waals surface area contributed by atoms with Gasteiger partial charge in [0, 0.05) is 11.8 Å². The molecule has 0 amide bonds. The molecule has 0 radical (unpaired) electrons. The minimum Gasteiger partial charge on any atom is -0.507 e. The van der Waals surface area contributed by atoms with E-state index in [2.05, 4.69) is 114 Å². The molecule has 0 bridgehead atoms. The van der Waals surface area contributed by atoms with Gasteiger partial charge in [-0.2, -0.15) is 0 Å². The predicted octanol–water partition coefficient (Wildman–Crippen LogP) is 8.46. The first-order chi connectivity index (χ1) is 16.4. The molecule has 2 aromatic rings. The van der Waals surface area contributed by atoms with Crippen LogP contribution in [0.2, 0.25) is 0 Å². The van der Waals surface area contributed by atoms with E-state index in [4.69, 9.17) is 0 Å². The molecule has 4 heteroatoms. The molecule has 0 heterocycles. The third kappa shape index (κ3) is 6.51. The van der Waals surface area contributed by atoms with Crippen LogP contribution in [0, 0.1) is 0 Å². The molecule has 0 unspecified atom stereocenters. The molecule has 206 valence electrons. The zero-order valence-corrected chi connectivity index (χ0v) is 25.5. The topological polar surface area (TPSA) is 77.8 Å². The smallest absolute Gasteiger partial charge is 0.303 e. The molecule has 0 atom stereocenters. The third-order valence-electron chi connectivity index (χ3n) is 7.57. The quantitative estimate of drug-likeness (QED) is 0.377. The van der Waals surface area contributed by atoms with Crippen LogP contribution < -0.4 is 0 Å². The monoisotopic (exact) mass is 510 g/mol. The lowest BCUT2D eigenvalue weighted by Crippen LogP contribution is -2.29. The molecule has 2 rings (SSSR count). The first kappa shape index (κ1) is 30.7. The molecule has 0 aliphatic heterocycles. The van der Waals surface area contributed by atoms with Gasteiger partial charge in [0.05, 0.1) is 0 Å². The van der Waals surface area contributed by atoms with Crippen LogP contribution in [0.3, 0.4) is 0 Å². The lowest BCUT2D eigenvalue weighted by Gasteiger charge is -2.37. The molecule has 0 aromatic heterocycles. The average Bonchev–Trinajstić information content (AvgIpc) is 2.68. The Hall–Kier alpha value is -2.49. The van der Waals surface area contributed by atoms with Crippen molar-refractivity contribution in [3.8, 4) is 11.5 Å². The van der Waals surface area contributed by atoms with Crippen LogP contribution >= 0.6 is 0 Å². The second-order valence-corrected chi connectivity index (χ2v) is 15.1. The molecule has 0 fully saturated rings. The minimum absolute atomic E-state index is 0.00363. The van der Waals surface area contributed by atoms with Gasteiger partial charge in [-0.05, 0) is 61.5 Å². The van der Waals surface area contributed by atoms with E-state index in [-0.39, 0.29) is 28.1 Å². The Bertz CT molecular complexity index is 1010. The number of carboxylic acid groups (broad SMARTS) is 1. The van der Waals surface area contributed by atoms with Crippen molar-refractivity contribution < 1.29 is 20.1 Å². The lowest BCUT2D eigenvalue weighted by molar-refractivity contribution is -0.137. The van der Waals surface area contributed by atoms with E-state index in [1.165, 1.54) is 0 Å². The third-order valence-corrected chi connectivity index (χ3v) is 7.57. The molecular weight excluding hydrogens is 460 g/mol. The fraction of sp³-hybridized carbons (Fsp3) is 0.606. The van der Waals surface area contributed by atoms with Crippen molar-refractivity contribution in [2.45, 2.75) is 130 Å². The second kappa shape index (κ2) is 9.67. The number of phenolic OH excluding ortho intramolecular Hbond substituents is 2. The summed E-state index contributed by atoms with van der Waals surface area (Å²) in [5.41, 5.74) is 3.45. The van der Waals surface area contributed by atoms with Gasteiger partial charge in [-0.25, -0.2) is 0 Å². The van der Waals surface area contributed by atoms with Gasteiger partial charge in [0.15, 0.2) is 0 Å². The summed E-state index contributed by atoms with van der Waals surface area (Å²) in [7, 11) is 0. The van der Waals surface area contributed by atoms with Crippen molar-refractivity contribution >= 4 is 5.97 Å². The molecule has 37 heavy (non-hydrogen) atoms. The fourth-order valence-corrected chi connectivity index (χ4v) is 5.01. The van der Waals surface area contributed by atoms with Gasteiger partial charge in [0.25, 0.3) is 0 Å². The number of phenols is 2. The van der Waals surface area contributed by atoms with Crippen molar-refractivity contribution in [2.24, 2.45) is 0 Å². The van der Waals surface area contributed by atoms with E-state index in [1.807, 2.05) is 0 Å². The van der Waals surface area contributed by atoms with Crippen LogP contribution in [0.15, 0.2) is 24.3 Å². The number of carbonyl (C=O) groups is 1. The van der Waals surface area contributed by atoms with Crippen molar-refractivity contribution in [1.82, 2.24) is 0 Å². The van der Waals surface area contributed by atoms with Gasteiger partial charge in [-0.3, -0.25) is 4.79 Å². The molecule has 0 aliphatic carbocycles. The van der Waals surface area contributed by atoms with E-state index < -0.39 is 11.4 Å². The van der Waals surface area contributed by atoms with E-state index in [9.17, 15) is 20.1 Å². The zero-order chi connectivity index (χ0) is 28.9. The highest BCUT2D eigenvalue weighted by molar-refractivity contribution is 5.67. The summed E-state index contributed by atoms with van der Waals surface area (Å²) in [6.07, 6.45) is 0.391. The molecule has 0 spiro atoms. The Labute approximate surface area is 225 Å². The maximum atomic E-state index is 11.8. The second-order valence-electron chi connectivity index (χ2n) is 15.1. The Balaban J connectivity index is 3.09.